The topological polar surface area (TPSA) is 59.6 Å². The van der Waals surface area contributed by atoms with E-state index >= 15 is 0 Å². The van der Waals surface area contributed by atoms with Crippen LogP contribution in [0.25, 0.3) is 0 Å². The molecule has 5 nitrogen and oxygen atoms in total. The number of carbonyl (C=O) groups excluding carboxylic acids is 1. The van der Waals surface area contributed by atoms with Crippen LogP contribution in [0.3, 0.4) is 0 Å². The van der Waals surface area contributed by atoms with Crippen molar-refractivity contribution in [2.24, 2.45) is 0 Å². The van der Waals surface area contributed by atoms with Gasteiger partial charge in [0, 0.05) is 32.2 Å². The number of hydrogen-bond acceptors (Lipinski definition) is 5. The largest absolute Gasteiger partial charge is 0.497 e. The van der Waals surface area contributed by atoms with Crippen LogP contribution >= 0.6 is 0 Å². The molecule has 0 heterocycles. The fourth-order valence-corrected chi connectivity index (χ4v) is 2.82. The van der Waals surface area contributed by atoms with E-state index < -0.39 is 0 Å². The van der Waals surface area contributed by atoms with Crippen LogP contribution in [-0.4, -0.2) is 46.2 Å². The molecule has 1 unspecified atom stereocenters. The van der Waals surface area contributed by atoms with E-state index in [1.54, 1.807) is 14.2 Å². The number of benzene rings is 2. The highest BCUT2D eigenvalue weighted by Crippen LogP contribution is 2.14. The molecule has 2 N–H and O–H groups in total. The van der Waals surface area contributed by atoms with E-state index in [0.717, 1.165) is 37.4 Å². The first-order valence-corrected chi connectivity index (χ1v) is 9.41. The van der Waals surface area contributed by atoms with Crippen LogP contribution in [0.1, 0.15) is 34.9 Å². The zero-order valence-electron chi connectivity index (χ0n) is 16.2. The van der Waals surface area contributed by atoms with Crippen molar-refractivity contribution in [3.8, 4) is 5.75 Å². The van der Waals surface area contributed by atoms with E-state index in [2.05, 4.69) is 22.8 Å². The lowest BCUT2D eigenvalue weighted by Crippen LogP contribution is -2.27. The maximum absolute atomic E-state index is 12.1. The second-order valence-electron chi connectivity index (χ2n) is 6.34. The van der Waals surface area contributed by atoms with Crippen molar-refractivity contribution in [2.75, 3.05) is 40.4 Å². The highest BCUT2D eigenvalue weighted by atomic mass is 16.5. The number of Topliss-reactive ketones (excluding diaryl/α,β-unsaturated/α-hetero) is 1. The Bertz CT molecular complexity index is 659. The number of hydrogen-bond donors (Lipinski definition) is 2. The third kappa shape index (κ3) is 7.51. The van der Waals surface area contributed by atoms with E-state index in [4.69, 9.17) is 9.47 Å². The van der Waals surface area contributed by atoms with Gasteiger partial charge in [0.25, 0.3) is 0 Å². The molecule has 146 valence electrons. The Morgan fingerprint density at radius 1 is 0.926 bits per heavy atom. The van der Waals surface area contributed by atoms with Gasteiger partial charge >= 0.3 is 0 Å². The molecule has 0 aliphatic carbocycles. The van der Waals surface area contributed by atoms with Crippen LogP contribution in [0.2, 0.25) is 0 Å². The van der Waals surface area contributed by atoms with Gasteiger partial charge in [-0.2, -0.15) is 0 Å². The summed E-state index contributed by atoms with van der Waals surface area (Å²) in [5.74, 6) is 0.911. The standard InChI is InChI=1S/C22H30N2O3/c1-26-20-11-9-18(10-12-20)21(25)13-16-23-14-6-15-24-17-22(27-2)19-7-4-3-5-8-19/h3-5,7-12,22-24H,6,13-17H2,1-2H3. The van der Waals surface area contributed by atoms with Crippen molar-refractivity contribution in [3.05, 3.63) is 65.7 Å². The summed E-state index contributed by atoms with van der Waals surface area (Å²) in [7, 11) is 3.35. The molecule has 0 saturated heterocycles. The normalized spacial score (nSPS) is 11.9. The summed E-state index contributed by atoms with van der Waals surface area (Å²) in [4.78, 5) is 12.1. The van der Waals surface area contributed by atoms with E-state index in [-0.39, 0.29) is 11.9 Å². The molecular formula is C22H30N2O3. The third-order valence-corrected chi connectivity index (χ3v) is 4.43. The minimum atomic E-state index is 0.0706. The molecule has 0 amide bonds. The molecule has 0 saturated carbocycles. The van der Waals surface area contributed by atoms with Crippen molar-refractivity contribution < 1.29 is 14.3 Å². The molecule has 0 aliphatic rings. The Morgan fingerprint density at radius 2 is 1.63 bits per heavy atom. The van der Waals surface area contributed by atoms with Crippen molar-refractivity contribution in [1.29, 1.82) is 0 Å². The SMILES string of the molecule is COc1ccc(C(=O)CCNCCCNCC(OC)c2ccccc2)cc1. The summed E-state index contributed by atoms with van der Waals surface area (Å²) >= 11 is 0. The first kappa shape index (κ1) is 21.1. The first-order chi connectivity index (χ1) is 13.2. The number of methoxy groups -OCH3 is 2. The Hall–Kier alpha value is -2.21. The lowest BCUT2D eigenvalue weighted by Gasteiger charge is -2.16. The Labute approximate surface area is 162 Å². The Morgan fingerprint density at radius 3 is 2.30 bits per heavy atom. The van der Waals surface area contributed by atoms with Gasteiger partial charge in [0.05, 0.1) is 13.2 Å². The van der Waals surface area contributed by atoms with Crippen LogP contribution < -0.4 is 15.4 Å². The molecule has 2 aromatic carbocycles. The molecular weight excluding hydrogens is 340 g/mol. The van der Waals surface area contributed by atoms with Gasteiger partial charge < -0.3 is 20.1 Å². The highest BCUT2D eigenvalue weighted by Gasteiger charge is 2.09. The quantitative estimate of drug-likeness (QED) is 0.419. The third-order valence-electron chi connectivity index (χ3n) is 4.43. The average molecular weight is 370 g/mol. The summed E-state index contributed by atoms with van der Waals surface area (Å²) in [6, 6.07) is 17.5. The number of ether oxygens (including phenoxy) is 2. The second-order valence-corrected chi connectivity index (χ2v) is 6.34. The lowest BCUT2D eigenvalue weighted by molar-refractivity contribution is 0.0982. The number of ketones is 1. The molecule has 0 spiro atoms. The zero-order chi connectivity index (χ0) is 19.3. The minimum Gasteiger partial charge on any atom is -0.497 e. The van der Waals surface area contributed by atoms with E-state index in [1.165, 1.54) is 5.56 Å². The van der Waals surface area contributed by atoms with E-state index in [9.17, 15) is 4.79 Å². The predicted octanol–water partition coefficient (Wildman–Crippen LogP) is 3.23. The maximum Gasteiger partial charge on any atom is 0.164 e. The van der Waals surface area contributed by atoms with Crippen LogP contribution in [0.4, 0.5) is 0 Å². The monoisotopic (exact) mass is 370 g/mol. The van der Waals surface area contributed by atoms with Crippen molar-refractivity contribution in [1.82, 2.24) is 10.6 Å². The van der Waals surface area contributed by atoms with Crippen LogP contribution in [0.5, 0.6) is 5.75 Å². The summed E-state index contributed by atoms with van der Waals surface area (Å²) < 4.78 is 10.6. The molecule has 0 radical (unpaired) electrons. The molecule has 0 aromatic heterocycles. The fourth-order valence-electron chi connectivity index (χ4n) is 2.82. The van der Waals surface area contributed by atoms with Gasteiger partial charge in [-0.1, -0.05) is 30.3 Å². The molecule has 2 aromatic rings. The van der Waals surface area contributed by atoms with Crippen molar-refractivity contribution in [2.45, 2.75) is 18.9 Å². The zero-order valence-corrected chi connectivity index (χ0v) is 16.2. The number of carbonyl (C=O) groups is 1. The minimum absolute atomic E-state index is 0.0706. The van der Waals surface area contributed by atoms with Gasteiger partial charge in [-0.25, -0.2) is 0 Å². The van der Waals surface area contributed by atoms with Gasteiger partial charge in [0.2, 0.25) is 0 Å². The van der Waals surface area contributed by atoms with Crippen molar-refractivity contribution in [3.63, 3.8) is 0 Å². The second kappa shape index (κ2) is 12.2. The Kier molecular flexibility index (Phi) is 9.55. The van der Waals surface area contributed by atoms with E-state index in [0.29, 0.717) is 13.0 Å². The molecule has 0 fully saturated rings. The molecule has 2 rings (SSSR count). The Balaban J connectivity index is 1.53. The van der Waals surface area contributed by atoms with E-state index in [1.807, 2.05) is 42.5 Å². The van der Waals surface area contributed by atoms with Gasteiger partial charge in [0.1, 0.15) is 5.75 Å². The van der Waals surface area contributed by atoms with Gasteiger partial charge in [0.15, 0.2) is 5.78 Å². The molecule has 1 atom stereocenters. The predicted molar refractivity (Wildman–Crippen MR) is 108 cm³/mol. The molecule has 27 heavy (non-hydrogen) atoms. The average Bonchev–Trinajstić information content (AvgIpc) is 2.73. The van der Waals surface area contributed by atoms with Crippen LogP contribution in [-0.2, 0) is 4.74 Å². The highest BCUT2D eigenvalue weighted by molar-refractivity contribution is 5.96. The van der Waals surface area contributed by atoms with Gasteiger partial charge in [-0.05, 0) is 49.3 Å². The number of nitrogens with one attached hydrogen (secondary N) is 2. The summed E-state index contributed by atoms with van der Waals surface area (Å²) in [6.07, 6.45) is 1.57. The fraction of sp³-hybridized carbons (Fsp3) is 0.409. The van der Waals surface area contributed by atoms with Crippen LogP contribution in [0.15, 0.2) is 54.6 Å². The van der Waals surface area contributed by atoms with Gasteiger partial charge in [-0.3, -0.25) is 4.79 Å². The molecule has 0 bridgehead atoms. The lowest BCUT2D eigenvalue weighted by atomic mass is 10.1. The molecule has 5 heteroatoms. The molecule has 0 aliphatic heterocycles. The van der Waals surface area contributed by atoms with Crippen LogP contribution in [0, 0.1) is 0 Å². The van der Waals surface area contributed by atoms with Gasteiger partial charge in [-0.15, -0.1) is 0 Å². The smallest absolute Gasteiger partial charge is 0.164 e. The summed E-state index contributed by atoms with van der Waals surface area (Å²) in [5.41, 5.74) is 1.91. The summed E-state index contributed by atoms with van der Waals surface area (Å²) in [6.45, 7) is 3.27. The maximum atomic E-state index is 12.1. The number of rotatable bonds is 13. The summed E-state index contributed by atoms with van der Waals surface area (Å²) in [5, 5.41) is 6.75. The first-order valence-electron chi connectivity index (χ1n) is 9.41. The van der Waals surface area contributed by atoms with Crippen molar-refractivity contribution >= 4 is 5.78 Å².